The predicted octanol–water partition coefficient (Wildman–Crippen LogP) is 2.63. The average molecular weight is 174 g/mol. The fraction of sp³-hybridized carbons (Fsp3) is 0.364. The first-order chi connectivity index (χ1) is 6.09. The second-order valence-corrected chi connectivity index (χ2v) is 4.35. The Balaban J connectivity index is 2.75. The van der Waals surface area contributed by atoms with Gasteiger partial charge in [-0.2, -0.15) is 0 Å². The van der Waals surface area contributed by atoms with Gasteiger partial charge in [-0.15, -0.1) is 0 Å². The van der Waals surface area contributed by atoms with E-state index in [4.69, 9.17) is 0 Å². The van der Waals surface area contributed by atoms with Gasteiger partial charge in [0, 0.05) is 23.5 Å². The Morgan fingerprint density at radius 3 is 2.69 bits per heavy atom. The van der Waals surface area contributed by atoms with Crippen LogP contribution >= 0.6 is 0 Å². The van der Waals surface area contributed by atoms with Gasteiger partial charge in [-0.1, -0.05) is 20.8 Å². The number of hydrogen-bond donors (Lipinski definition) is 0. The van der Waals surface area contributed by atoms with Gasteiger partial charge in [-0.05, 0) is 12.1 Å². The minimum Gasteiger partial charge on any atom is -0.317 e. The lowest BCUT2D eigenvalue weighted by molar-refractivity contribution is 0.557. The van der Waals surface area contributed by atoms with E-state index in [9.17, 15) is 0 Å². The molecule has 0 aliphatic carbocycles. The highest BCUT2D eigenvalue weighted by molar-refractivity contribution is 5.46. The maximum atomic E-state index is 4.23. The van der Waals surface area contributed by atoms with Gasteiger partial charge in [0.2, 0.25) is 0 Å². The smallest absolute Gasteiger partial charge is 0.0636 e. The third-order valence-corrected chi connectivity index (χ3v) is 2.21. The molecular weight excluding hydrogens is 160 g/mol. The van der Waals surface area contributed by atoms with Crippen molar-refractivity contribution in [2.75, 3.05) is 0 Å². The SMILES string of the molecule is CC(C)(C)c1cncc2cccn12. The molecule has 0 aliphatic heterocycles. The quantitative estimate of drug-likeness (QED) is 0.600. The zero-order valence-corrected chi connectivity index (χ0v) is 8.28. The molecule has 13 heavy (non-hydrogen) atoms. The molecule has 0 aliphatic rings. The van der Waals surface area contributed by atoms with E-state index < -0.39 is 0 Å². The molecule has 2 rings (SSSR count). The van der Waals surface area contributed by atoms with Gasteiger partial charge in [0.1, 0.15) is 0 Å². The highest BCUT2D eigenvalue weighted by Crippen LogP contribution is 2.22. The molecule has 0 radical (unpaired) electrons. The van der Waals surface area contributed by atoms with Crippen LogP contribution in [0.3, 0.4) is 0 Å². The summed E-state index contributed by atoms with van der Waals surface area (Å²) >= 11 is 0. The zero-order valence-electron chi connectivity index (χ0n) is 8.28. The minimum atomic E-state index is 0.144. The molecule has 0 fully saturated rings. The fourth-order valence-corrected chi connectivity index (χ4v) is 1.52. The summed E-state index contributed by atoms with van der Waals surface area (Å²) in [5.74, 6) is 0. The highest BCUT2D eigenvalue weighted by Gasteiger charge is 2.16. The fourth-order valence-electron chi connectivity index (χ4n) is 1.52. The van der Waals surface area contributed by atoms with E-state index in [2.05, 4.69) is 42.4 Å². The molecule has 0 saturated heterocycles. The van der Waals surface area contributed by atoms with E-state index in [1.807, 2.05) is 18.5 Å². The average Bonchev–Trinajstić information content (AvgIpc) is 2.48. The molecule has 0 unspecified atom stereocenters. The Bertz CT molecular complexity index is 421. The van der Waals surface area contributed by atoms with Crippen LogP contribution in [0.25, 0.3) is 5.52 Å². The van der Waals surface area contributed by atoms with E-state index >= 15 is 0 Å². The Morgan fingerprint density at radius 1 is 1.23 bits per heavy atom. The zero-order chi connectivity index (χ0) is 9.47. The van der Waals surface area contributed by atoms with Crippen molar-refractivity contribution >= 4 is 5.52 Å². The molecule has 0 N–H and O–H groups in total. The first-order valence-electron chi connectivity index (χ1n) is 4.50. The van der Waals surface area contributed by atoms with Crippen LogP contribution in [0.1, 0.15) is 26.5 Å². The Labute approximate surface area is 78.2 Å². The van der Waals surface area contributed by atoms with Gasteiger partial charge < -0.3 is 4.40 Å². The number of nitrogens with zero attached hydrogens (tertiary/aromatic N) is 2. The van der Waals surface area contributed by atoms with Gasteiger partial charge in [0.05, 0.1) is 11.7 Å². The molecule has 2 aromatic rings. The van der Waals surface area contributed by atoms with E-state index in [-0.39, 0.29) is 5.41 Å². The van der Waals surface area contributed by atoms with Gasteiger partial charge in [0.25, 0.3) is 0 Å². The van der Waals surface area contributed by atoms with Crippen molar-refractivity contribution in [1.29, 1.82) is 0 Å². The molecule has 2 heteroatoms. The molecule has 0 atom stereocenters. The summed E-state index contributed by atoms with van der Waals surface area (Å²) in [4.78, 5) is 4.23. The first kappa shape index (κ1) is 8.30. The number of fused-ring (bicyclic) bond motifs is 1. The first-order valence-corrected chi connectivity index (χ1v) is 4.50. The maximum Gasteiger partial charge on any atom is 0.0636 e. The van der Waals surface area contributed by atoms with E-state index in [0.29, 0.717) is 0 Å². The van der Waals surface area contributed by atoms with E-state index in [1.54, 1.807) is 0 Å². The third-order valence-electron chi connectivity index (χ3n) is 2.21. The van der Waals surface area contributed by atoms with Crippen LogP contribution in [0.5, 0.6) is 0 Å². The monoisotopic (exact) mass is 174 g/mol. The Morgan fingerprint density at radius 2 is 2.00 bits per heavy atom. The standard InChI is InChI=1S/C11H14N2/c1-11(2,3)10-8-12-7-9-5-4-6-13(9)10/h4-8H,1-3H3. The van der Waals surface area contributed by atoms with Crippen molar-refractivity contribution in [3.05, 3.63) is 36.4 Å². The van der Waals surface area contributed by atoms with E-state index in [0.717, 1.165) is 5.52 Å². The lowest BCUT2D eigenvalue weighted by Gasteiger charge is -2.20. The van der Waals surface area contributed by atoms with Crippen LogP contribution in [0.15, 0.2) is 30.7 Å². The lowest BCUT2D eigenvalue weighted by atomic mass is 9.92. The summed E-state index contributed by atoms with van der Waals surface area (Å²) in [7, 11) is 0. The largest absolute Gasteiger partial charge is 0.317 e. The molecule has 2 heterocycles. The highest BCUT2D eigenvalue weighted by atomic mass is 14.9. The van der Waals surface area contributed by atoms with Crippen LogP contribution < -0.4 is 0 Å². The number of hydrogen-bond acceptors (Lipinski definition) is 1. The van der Waals surface area contributed by atoms with Crippen molar-refractivity contribution < 1.29 is 0 Å². The summed E-state index contributed by atoms with van der Waals surface area (Å²) in [5.41, 5.74) is 2.55. The molecule has 2 nitrogen and oxygen atoms in total. The molecule has 0 saturated carbocycles. The molecule has 0 spiro atoms. The van der Waals surface area contributed by atoms with Crippen LogP contribution in [0, 0.1) is 0 Å². The summed E-state index contributed by atoms with van der Waals surface area (Å²) in [5, 5.41) is 0. The van der Waals surface area contributed by atoms with Crippen LogP contribution in [0.2, 0.25) is 0 Å². The third kappa shape index (κ3) is 1.32. The summed E-state index contributed by atoms with van der Waals surface area (Å²) in [6, 6.07) is 4.12. The van der Waals surface area contributed by atoms with Gasteiger partial charge in [0.15, 0.2) is 0 Å². The molecule has 68 valence electrons. The maximum absolute atomic E-state index is 4.23. The van der Waals surface area contributed by atoms with E-state index in [1.165, 1.54) is 5.69 Å². The predicted molar refractivity (Wildman–Crippen MR) is 53.9 cm³/mol. The minimum absolute atomic E-state index is 0.144. The second-order valence-electron chi connectivity index (χ2n) is 4.35. The molecule has 2 aromatic heterocycles. The van der Waals surface area contributed by atoms with Crippen molar-refractivity contribution in [2.24, 2.45) is 0 Å². The Hall–Kier alpha value is -1.31. The molecule has 0 bridgehead atoms. The molecule has 0 aromatic carbocycles. The van der Waals surface area contributed by atoms with Gasteiger partial charge >= 0.3 is 0 Å². The van der Waals surface area contributed by atoms with Crippen LogP contribution in [-0.2, 0) is 5.41 Å². The van der Waals surface area contributed by atoms with Crippen LogP contribution in [0.4, 0.5) is 0 Å². The number of aromatic nitrogens is 2. The summed E-state index contributed by atoms with van der Waals surface area (Å²) < 4.78 is 2.19. The Kier molecular flexibility index (Phi) is 1.65. The normalized spacial score (nSPS) is 12.2. The molecule has 0 amide bonds. The second kappa shape index (κ2) is 2.59. The molecular formula is C11H14N2. The summed E-state index contributed by atoms with van der Waals surface area (Å²) in [6.45, 7) is 6.59. The van der Waals surface area contributed by atoms with Crippen molar-refractivity contribution in [2.45, 2.75) is 26.2 Å². The topological polar surface area (TPSA) is 17.3 Å². The van der Waals surface area contributed by atoms with Crippen molar-refractivity contribution in [3.63, 3.8) is 0 Å². The summed E-state index contributed by atoms with van der Waals surface area (Å²) in [6.07, 6.45) is 5.90. The van der Waals surface area contributed by atoms with Crippen molar-refractivity contribution in [1.82, 2.24) is 9.38 Å². The van der Waals surface area contributed by atoms with Gasteiger partial charge in [-0.3, -0.25) is 4.98 Å². The van der Waals surface area contributed by atoms with Gasteiger partial charge in [-0.25, -0.2) is 0 Å². The lowest BCUT2D eigenvalue weighted by Crippen LogP contribution is -2.16. The van der Waals surface area contributed by atoms with Crippen molar-refractivity contribution in [3.8, 4) is 0 Å². The van der Waals surface area contributed by atoms with Crippen LogP contribution in [-0.4, -0.2) is 9.38 Å². The number of rotatable bonds is 0.